The van der Waals surface area contributed by atoms with Gasteiger partial charge < -0.3 is 30.4 Å². The maximum absolute atomic E-state index is 12.8. The normalized spacial score (nSPS) is 20.2. The SMILES string of the molecule is CO/N=C(/C([O-])=N[C@@H]1C(=O)N2C(C(=O)O)=C(/C=C\COC(=O)N(C)C)CS[C@H]12)c1csc(N)n1.[Na+]. The summed E-state index contributed by atoms with van der Waals surface area (Å²) in [6.07, 6.45) is 2.44. The molecule has 3 rings (SSSR count). The fourth-order valence-electron chi connectivity index (χ4n) is 3.05. The van der Waals surface area contributed by atoms with Crippen molar-refractivity contribution in [2.75, 3.05) is 39.3 Å². The number of nitrogens with two attached hydrogens (primary N) is 1. The van der Waals surface area contributed by atoms with Gasteiger partial charge in [0.05, 0.1) is 0 Å². The van der Waals surface area contributed by atoms with Crippen LogP contribution in [-0.4, -0.2) is 94.5 Å². The first kappa shape index (κ1) is 28.6. The summed E-state index contributed by atoms with van der Waals surface area (Å²) in [6, 6.07) is -1.09. The standard InChI is InChI=1S/C19H22N6O7S2.Na/c1-24(2)19(30)32-6-4-5-9-7-33-16-12(15(27)25(16)13(9)17(28)29)22-14(26)11(23-31-3)10-8-34-18(20)21-10;/h4-5,8,12,16H,6-7H2,1-3H3,(H2,20,21)(H,22,26)(H,28,29);/q;+1/p-1/b5-4-,23-11+;/t12-,16-;/m1./s1. The molecule has 2 aliphatic heterocycles. The monoisotopic (exact) mass is 532 g/mol. The number of nitrogens with zero attached hydrogens (tertiary/aromatic N) is 5. The van der Waals surface area contributed by atoms with Gasteiger partial charge in [0.1, 0.15) is 36.2 Å². The van der Waals surface area contributed by atoms with E-state index in [1.807, 2.05) is 0 Å². The Hall–Kier alpha value is -2.59. The second kappa shape index (κ2) is 12.4. The quantitative estimate of drug-likeness (QED) is 0.113. The number of allylic oxidation sites excluding steroid dienone is 1. The van der Waals surface area contributed by atoms with Crippen molar-refractivity contribution in [2.45, 2.75) is 11.4 Å². The van der Waals surface area contributed by atoms with Gasteiger partial charge in [-0.3, -0.25) is 14.7 Å². The summed E-state index contributed by atoms with van der Waals surface area (Å²) >= 11 is 2.35. The number of carboxylic acid groups (broad SMARTS) is 1. The van der Waals surface area contributed by atoms with Crippen LogP contribution >= 0.6 is 23.1 Å². The molecule has 13 nitrogen and oxygen atoms in total. The number of aliphatic imine (C=N–C) groups is 1. The minimum absolute atomic E-state index is 0. The third kappa shape index (κ3) is 6.35. The van der Waals surface area contributed by atoms with Crippen LogP contribution in [0, 0.1) is 0 Å². The average molecular weight is 533 g/mol. The van der Waals surface area contributed by atoms with Crippen molar-refractivity contribution in [3.63, 3.8) is 0 Å². The maximum atomic E-state index is 12.8. The fourth-order valence-corrected chi connectivity index (χ4v) is 4.90. The van der Waals surface area contributed by atoms with Crippen LogP contribution in [0.25, 0.3) is 0 Å². The van der Waals surface area contributed by atoms with Gasteiger partial charge in [0.25, 0.3) is 5.91 Å². The molecular weight excluding hydrogens is 511 g/mol. The number of thiazole rings is 1. The molecule has 0 radical (unpaired) electrons. The maximum Gasteiger partial charge on any atom is 1.00 e. The first-order valence-corrected chi connectivity index (χ1v) is 11.6. The molecular formula is C19H21N6NaO7S2. The van der Waals surface area contributed by atoms with Crippen LogP contribution in [0.4, 0.5) is 9.93 Å². The number of thioether (sulfide) groups is 1. The zero-order valence-electron chi connectivity index (χ0n) is 19.3. The number of hydrogen-bond acceptors (Lipinski definition) is 12. The van der Waals surface area contributed by atoms with E-state index in [0.717, 1.165) is 16.2 Å². The van der Waals surface area contributed by atoms with E-state index in [2.05, 4.69) is 15.1 Å². The Labute approximate surface area is 230 Å². The number of carbonyl (C=O) groups is 3. The molecule has 0 spiro atoms. The molecule has 0 bridgehead atoms. The van der Waals surface area contributed by atoms with Gasteiger partial charge >= 0.3 is 41.6 Å². The van der Waals surface area contributed by atoms with Crippen molar-refractivity contribution in [1.29, 1.82) is 0 Å². The van der Waals surface area contributed by atoms with Crippen LogP contribution in [0.3, 0.4) is 0 Å². The molecule has 2 amide bonds. The minimum Gasteiger partial charge on any atom is -0.857 e. The van der Waals surface area contributed by atoms with E-state index in [-0.39, 0.29) is 64.2 Å². The molecule has 0 unspecified atom stereocenters. The number of anilines is 1. The third-order valence-electron chi connectivity index (χ3n) is 4.57. The van der Waals surface area contributed by atoms with E-state index in [1.54, 1.807) is 0 Å². The van der Waals surface area contributed by atoms with Crippen molar-refractivity contribution in [3.05, 3.63) is 34.5 Å². The number of amides is 2. The molecule has 182 valence electrons. The summed E-state index contributed by atoms with van der Waals surface area (Å²) in [7, 11) is 4.32. The Balaban J connectivity index is 0.00000432. The summed E-state index contributed by atoms with van der Waals surface area (Å²) in [6.45, 7) is -0.0648. The first-order valence-electron chi connectivity index (χ1n) is 9.65. The van der Waals surface area contributed by atoms with E-state index in [0.29, 0.717) is 5.57 Å². The van der Waals surface area contributed by atoms with Crippen LogP contribution in [0.5, 0.6) is 0 Å². The van der Waals surface area contributed by atoms with E-state index >= 15 is 0 Å². The molecule has 35 heavy (non-hydrogen) atoms. The molecule has 1 aromatic heterocycles. The smallest absolute Gasteiger partial charge is 0.857 e. The number of β-lactam (4-membered cyclic amide) rings is 1. The van der Waals surface area contributed by atoms with Gasteiger partial charge in [-0.2, -0.15) is 0 Å². The second-order valence-electron chi connectivity index (χ2n) is 7.04. The molecule has 1 aromatic rings. The van der Waals surface area contributed by atoms with E-state index in [9.17, 15) is 24.6 Å². The zero-order valence-corrected chi connectivity index (χ0v) is 23.0. The topological polar surface area (TPSA) is 183 Å². The first-order chi connectivity index (χ1) is 16.1. The predicted molar refractivity (Wildman–Crippen MR) is 123 cm³/mol. The van der Waals surface area contributed by atoms with Crippen LogP contribution in [0.1, 0.15) is 5.69 Å². The van der Waals surface area contributed by atoms with Gasteiger partial charge in [-0.15, -0.1) is 23.1 Å². The van der Waals surface area contributed by atoms with Gasteiger partial charge in [0, 0.05) is 31.1 Å². The van der Waals surface area contributed by atoms with Crippen molar-refractivity contribution < 1.29 is 63.7 Å². The number of nitrogen functional groups attached to an aromatic ring is 1. The Bertz CT molecular complexity index is 1120. The second-order valence-corrected chi connectivity index (χ2v) is 9.03. The number of carbonyl (C=O) groups excluding carboxylic acids is 2. The van der Waals surface area contributed by atoms with Crippen LogP contribution in [0.15, 0.2) is 39.0 Å². The predicted octanol–water partition coefficient (Wildman–Crippen LogP) is -3.28. The molecule has 3 N–H and O–H groups in total. The molecule has 16 heteroatoms. The van der Waals surface area contributed by atoms with Crippen LogP contribution < -0.4 is 40.4 Å². The van der Waals surface area contributed by atoms with Gasteiger partial charge in [0.2, 0.25) is 0 Å². The summed E-state index contributed by atoms with van der Waals surface area (Å²) in [5.41, 5.74) is 5.71. The van der Waals surface area contributed by atoms with Crippen molar-refractivity contribution in [2.24, 2.45) is 10.1 Å². The molecule has 1 saturated heterocycles. The summed E-state index contributed by atoms with van der Waals surface area (Å²) in [5.74, 6) is -2.52. The molecule has 2 aliphatic rings. The average Bonchev–Trinajstić information content (AvgIpc) is 3.23. The Morgan fingerprint density at radius 3 is 2.74 bits per heavy atom. The third-order valence-corrected chi connectivity index (χ3v) is 6.53. The minimum atomic E-state index is -1.30. The largest absolute Gasteiger partial charge is 1.00 e. The summed E-state index contributed by atoms with van der Waals surface area (Å²) in [5, 5.41) is 27.1. The number of rotatable bonds is 8. The Morgan fingerprint density at radius 2 is 2.17 bits per heavy atom. The zero-order chi connectivity index (χ0) is 25.0. The fraction of sp³-hybridized carbons (Fsp3) is 0.368. The molecule has 0 aromatic carbocycles. The van der Waals surface area contributed by atoms with Crippen molar-refractivity contribution in [3.8, 4) is 0 Å². The van der Waals surface area contributed by atoms with Gasteiger partial charge in [-0.25, -0.2) is 14.6 Å². The van der Waals surface area contributed by atoms with E-state index in [4.69, 9.17) is 15.3 Å². The number of fused-ring (bicyclic) bond motifs is 1. The van der Waals surface area contributed by atoms with Crippen LogP contribution in [0.2, 0.25) is 0 Å². The van der Waals surface area contributed by atoms with Gasteiger partial charge in [-0.1, -0.05) is 11.2 Å². The molecule has 1 fully saturated rings. The molecule has 2 atom stereocenters. The summed E-state index contributed by atoms with van der Waals surface area (Å²) in [4.78, 5) is 51.1. The number of carboxylic acids is 1. The Kier molecular flexibility index (Phi) is 10.1. The molecule has 0 aliphatic carbocycles. The summed E-state index contributed by atoms with van der Waals surface area (Å²) < 4.78 is 4.97. The Morgan fingerprint density at radius 1 is 1.46 bits per heavy atom. The number of oxime groups is 1. The number of ether oxygens (including phenoxy) is 1. The van der Waals surface area contributed by atoms with Crippen LogP contribution in [-0.2, 0) is 19.2 Å². The number of aromatic nitrogens is 1. The van der Waals surface area contributed by atoms with Crippen molar-refractivity contribution in [1.82, 2.24) is 14.8 Å². The molecule has 3 heterocycles. The van der Waals surface area contributed by atoms with Gasteiger partial charge in [0.15, 0.2) is 11.2 Å². The van der Waals surface area contributed by atoms with E-state index < -0.39 is 35.3 Å². The molecule has 0 saturated carbocycles. The van der Waals surface area contributed by atoms with Gasteiger partial charge in [-0.05, 0) is 11.6 Å². The van der Waals surface area contributed by atoms with Crippen molar-refractivity contribution >= 4 is 57.8 Å². The number of hydrogen-bond donors (Lipinski definition) is 2. The number of aliphatic carboxylic acids is 1. The van der Waals surface area contributed by atoms with E-state index in [1.165, 1.54) is 55.4 Å².